The van der Waals surface area contributed by atoms with E-state index in [1.807, 2.05) is 0 Å². The number of nitrogens with one attached hydrogen (secondary N) is 1. The average molecular weight is 395 g/mol. The van der Waals surface area contributed by atoms with Crippen molar-refractivity contribution in [1.29, 1.82) is 0 Å². The SMILES string of the molecule is CC(=O)NC(CSC(=O)c1cc(O)ccc1-c1ccc(F)cc1F)C(=O)O. The van der Waals surface area contributed by atoms with Gasteiger partial charge in [-0.15, -0.1) is 0 Å². The van der Waals surface area contributed by atoms with Gasteiger partial charge in [0.15, 0.2) is 0 Å². The maximum atomic E-state index is 14.1. The smallest absolute Gasteiger partial charge is 0.327 e. The second-order valence-electron chi connectivity index (χ2n) is 5.54. The van der Waals surface area contributed by atoms with Gasteiger partial charge in [-0.2, -0.15) is 0 Å². The molecule has 0 aliphatic heterocycles. The summed E-state index contributed by atoms with van der Waals surface area (Å²) in [6, 6.07) is 5.24. The highest BCUT2D eigenvalue weighted by molar-refractivity contribution is 8.14. The highest BCUT2D eigenvalue weighted by Gasteiger charge is 2.23. The molecule has 0 spiro atoms. The van der Waals surface area contributed by atoms with Crippen molar-refractivity contribution in [3.05, 3.63) is 53.6 Å². The summed E-state index contributed by atoms with van der Waals surface area (Å²) in [5.41, 5.74) is 0.00340. The molecular weight excluding hydrogens is 380 g/mol. The lowest BCUT2D eigenvalue weighted by Crippen LogP contribution is -2.41. The first-order chi connectivity index (χ1) is 12.7. The third-order valence-corrected chi connectivity index (χ3v) is 4.48. The summed E-state index contributed by atoms with van der Waals surface area (Å²) < 4.78 is 27.2. The van der Waals surface area contributed by atoms with Gasteiger partial charge in [-0.3, -0.25) is 9.59 Å². The highest BCUT2D eigenvalue weighted by Crippen LogP contribution is 2.32. The van der Waals surface area contributed by atoms with Crippen LogP contribution in [0.3, 0.4) is 0 Å². The summed E-state index contributed by atoms with van der Waals surface area (Å²) >= 11 is 0.592. The van der Waals surface area contributed by atoms with E-state index in [0.717, 1.165) is 25.1 Å². The van der Waals surface area contributed by atoms with E-state index < -0.39 is 34.7 Å². The molecule has 2 aromatic rings. The number of phenols is 1. The number of phenolic OH excluding ortho intramolecular Hbond substituents is 1. The van der Waals surface area contributed by atoms with E-state index in [9.17, 15) is 28.3 Å². The van der Waals surface area contributed by atoms with Crippen molar-refractivity contribution in [2.75, 3.05) is 5.75 Å². The number of amides is 1. The van der Waals surface area contributed by atoms with Crippen LogP contribution in [0.1, 0.15) is 17.3 Å². The molecule has 0 saturated carbocycles. The Morgan fingerprint density at radius 1 is 1.11 bits per heavy atom. The monoisotopic (exact) mass is 395 g/mol. The molecule has 0 saturated heterocycles. The molecule has 1 unspecified atom stereocenters. The predicted octanol–water partition coefficient (Wildman–Crippen LogP) is 2.80. The van der Waals surface area contributed by atoms with Gasteiger partial charge in [-0.25, -0.2) is 13.6 Å². The molecule has 1 amide bonds. The Morgan fingerprint density at radius 2 is 1.78 bits per heavy atom. The minimum Gasteiger partial charge on any atom is -0.508 e. The lowest BCUT2D eigenvalue weighted by Gasteiger charge is -2.14. The van der Waals surface area contributed by atoms with E-state index in [0.29, 0.717) is 17.8 Å². The third kappa shape index (κ3) is 5.27. The number of aliphatic carboxylic acids is 1. The Kier molecular flexibility index (Phi) is 6.51. The molecule has 0 radical (unpaired) electrons. The number of thioether (sulfide) groups is 1. The molecule has 0 aromatic heterocycles. The van der Waals surface area contributed by atoms with E-state index in [1.54, 1.807) is 0 Å². The van der Waals surface area contributed by atoms with Crippen LogP contribution >= 0.6 is 11.8 Å². The molecular formula is C18H15F2NO5S. The molecule has 6 nitrogen and oxygen atoms in total. The van der Waals surface area contributed by atoms with Crippen LogP contribution in [0.4, 0.5) is 8.78 Å². The Labute approximate surface area is 157 Å². The van der Waals surface area contributed by atoms with Crippen LogP contribution in [-0.4, -0.2) is 39.0 Å². The number of benzene rings is 2. The number of hydrogen-bond acceptors (Lipinski definition) is 5. The van der Waals surface area contributed by atoms with E-state index in [4.69, 9.17) is 5.11 Å². The normalized spacial score (nSPS) is 11.7. The third-order valence-electron chi connectivity index (χ3n) is 3.50. The van der Waals surface area contributed by atoms with Crippen molar-refractivity contribution < 1.29 is 33.4 Å². The number of carboxylic acids is 1. The van der Waals surface area contributed by atoms with Gasteiger partial charge in [0.2, 0.25) is 11.0 Å². The first kappa shape index (κ1) is 20.4. The van der Waals surface area contributed by atoms with Crippen molar-refractivity contribution in [1.82, 2.24) is 5.32 Å². The molecule has 0 aliphatic rings. The van der Waals surface area contributed by atoms with E-state index >= 15 is 0 Å². The quantitative estimate of drug-likeness (QED) is 0.695. The van der Waals surface area contributed by atoms with E-state index in [2.05, 4.69) is 5.32 Å². The number of carboxylic acid groups (broad SMARTS) is 1. The maximum Gasteiger partial charge on any atom is 0.327 e. The number of carbonyl (C=O) groups excluding carboxylic acids is 2. The molecule has 9 heteroatoms. The molecule has 1 atom stereocenters. The molecule has 2 aromatic carbocycles. The highest BCUT2D eigenvalue weighted by atomic mass is 32.2. The molecule has 3 N–H and O–H groups in total. The zero-order chi connectivity index (χ0) is 20.1. The first-order valence-electron chi connectivity index (χ1n) is 7.64. The molecule has 27 heavy (non-hydrogen) atoms. The van der Waals surface area contributed by atoms with E-state index in [-0.39, 0.29) is 28.2 Å². The fraction of sp³-hybridized carbons (Fsp3) is 0.167. The average Bonchev–Trinajstić information content (AvgIpc) is 2.58. The fourth-order valence-corrected chi connectivity index (χ4v) is 3.17. The molecule has 0 fully saturated rings. The van der Waals surface area contributed by atoms with Crippen molar-refractivity contribution in [3.63, 3.8) is 0 Å². The number of halogens is 2. The van der Waals surface area contributed by atoms with Gasteiger partial charge in [0.25, 0.3) is 0 Å². The van der Waals surface area contributed by atoms with Crippen LogP contribution in [0.25, 0.3) is 11.1 Å². The van der Waals surface area contributed by atoms with Crippen molar-refractivity contribution in [3.8, 4) is 16.9 Å². The standard InChI is InChI=1S/C18H15F2NO5S/c1-9(22)21-16(17(24)25)8-27-18(26)14-7-11(23)3-5-12(14)13-4-2-10(19)6-15(13)20/h2-7,16,23H,8H2,1H3,(H,21,22)(H,24,25). The van der Waals surface area contributed by atoms with Crippen LogP contribution in [0, 0.1) is 11.6 Å². The Morgan fingerprint density at radius 3 is 2.37 bits per heavy atom. The number of hydrogen-bond donors (Lipinski definition) is 3. The number of aromatic hydroxyl groups is 1. The molecule has 0 bridgehead atoms. The minimum absolute atomic E-state index is 0.0444. The van der Waals surface area contributed by atoms with Crippen LogP contribution in [-0.2, 0) is 9.59 Å². The summed E-state index contributed by atoms with van der Waals surface area (Å²) in [7, 11) is 0. The van der Waals surface area contributed by atoms with Gasteiger partial charge in [0, 0.05) is 29.9 Å². The zero-order valence-corrected chi connectivity index (χ0v) is 14.8. The molecule has 142 valence electrons. The summed E-state index contributed by atoms with van der Waals surface area (Å²) in [6.45, 7) is 1.15. The summed E-state index contributed by atoms with van der Waals surface area (Å²) in [6.07, 6.45) is 0. The zero-order valence-electron chi connectivity index (χ0n) is 14.0. The Bertz CT molecular complexity index is 903. The van der Waals surface area contributed by atoms with Gasteiger partial charge in [0.05, 0.1) is 0 Å². The van der Waals surface area contributed by atoms with E-state index in [1.165, 1.54) is 12.1 Å². The van der Waals surface area contributed by atoms with Gasteiger partial charge < -0.3 is 15.5 Å². The van der Waals surface area contributed by atoms with Gasteiger partial charge in [0.1, 0.15) is 23.4 Å². The van der Waals surface area contributed by atoms with Gasteiger partial charge in [-0.1, -0.05) is 11.8 Å². The fourth-order valence-electron chi connectivity index (χ4n) is 2.30. The van der Waals surface area contributed by atoms with Gasteiger partial charge in [-0.05, 0) is 35.9 Å². The van der Waals surface area contributed by atoms with Crippen molar-refractivity contribution in [2.45, 2.75) is 13.0 Å². The van der Waals surface area contributed by atoms with Crippen LogP contribution < -0.4 is 5.32 Å². The van der Waals surface area contributed by atoms with Crippen LogP contribution in [0.15, 0.2) is 36.4 Å². The molecule has 0 aliphatic carbocycles. The number of rotatable bonds is 6. The topological polar surface area (TPSA) is 104 Å². The first-order valence-corrected chi connectivity index (χ1v) is 8.63. The van der Waals surface area contributed by atoms with Crippen LogP contribution in [0.2, 0.25) is 0 Å². The molecule has 0 heterocycles. The van der Waals surface area contributed by atoms with Crippen molar-refractivity contribution in [2.24, 2.45) is 0 Å². The molecule has 2 rings (SSSR count). The lowest BCUT2D eigenvalue weighted by molar-refractivity contribution is -0.140. The second-order valence-corrected chi connectivity index (χ2v) is 6.54. The minimum atomic E-state index is -1.31. The summed E-state index contributed by atoms with van der Waals surface area (Å²) in [5.74, 6) is -4.07. The Hall–Kier alpha value is -2.94. The second kappa shape index (κ2) is 8.63. The summed E-state index contributed by atoms with van der Waals surface area (Å²) in [4.78, 5) is 34.7. The summed E-state index contributed by atoms with van der Waals surface area (Å²) in [5, 5.41) is 20.3. The Balaban J connectivity index is 2.31. The maximum absolute atomic E-state index is 14.1. The van der Waals surface area contributed by atoms with Crippen LogP contribution in [0.5, 0.6) is 5.75 Å². The predicted molar refractivity (Wildman–Crippen MR) is 95.5 cm³/mol. The van der Waals surface area contributed by atoms with Gasteiger partial charge >= 0.3 is 5.97 Å². The van der Waals surface area contributed by atoms with Crippen molar-refractivity contribution >= 4 is 28.8 Å². The lowest BCUT2D eigenvalue weighted by atomic mass is 9.99. The number of carbonyl (C=O) groups is 3. The largest absolute Gasteiger partial charge is 0.508 e.